The quantitative estimate of drug-likeness (QED) is 0.544. The van der Waals surface area contributed by atoms with Crippen LogP contribution in [0.1, 0.15) is 10.4 Å². The van der Waals surface area contributed by atoms with Crippen molar-refractivity contribution in [2.75, 3.05) is 12.4 Å². The van der Waals surface area contributed by atoms with Crippen molar-refractivity contribution in [2.45, 2.75) is 0 Å². The van der Waals surface area contributed by atoms with Crippen molar-refractivity contribution < 1.29 is 38.1 Å². The minimum Gasteiger partial charge on any atom is -1.00 e. The summed E-state index contributed by atoms with van der Waals surface area (Å²) in [7, 11) is 3.50. The Morgan fingerprint density at radius 1 is 1.21 bits per heavy atom. The van der Waals surface area contributed by atoms with Crippen molar-refractivity contribution >= 4 is 11.6 Å². The normalized spacial score (nSPS) is 9.37. The van der Waals surface area contributed by atoms with E-state index in [9.17, 15) is 4.79 Å². The monoisotopic (exact) mass is 370 g/mol. The number of aryl methyl sites for hydroxylation is 1. The van der Waals surface area contributed by atoms with Gasteiger partial charge in [0.1, 0.15) is 12.8 Å². The molecule has 1 N–H and O–H groups in total. The van der Waals surface area contributed by atoms with Gasteiger partial charge in [-0.25, -0.2) is 4.57 Å². The van der Waals surface area contributed by atoms with Gasteiger partial charge in [0.15, 0.2) is 12.4 Å². The molecule has 0 spiro atoms. The van der Waals surface area contributed by atoms with Crippen LogP contribution in [0.15, 0.2) is 48.8 Å². The van der Waals surface area contributed by atoms with Crippen LogP contribution in [-0.4, -0.2) is 13.0 Å². The summed E-state index contributed by atoms with van der Waals surface area (Å²) in [6, 6.07) is 10.8. The second-order valence-electron chi connectivity index (χ2n) is 3.94. The molecule has 100 valence electrons. The van der Waals surface area contributed by atoms with Gasteiger partial charge in [-0.05, 0) is 12.1 Å². The van der Waals surface area contributed by atoms with Crippen molar-refractivity contribution in [3.8, 4) is 5.75 Å². The molecule has 2 rings (SSSR count). The number of anilines is 1. The fourth-order valence-electron chi connectivity index (χ4n) is 1.56. The first-order chi connectivity index (χ1) is 8.69. The molecule has 1 aromatic heterocycles. The number of pyridine rings is 1. The molecule has 0 atom stereocenters. The Hall–Kier alpha value is -1.63. The van der Waals surface area contributed by atoms with Gasteiger partial charge in [0.05, 0.1) is 12.7 Å². The molecule has 5 heteroatoms. The maximum absolute atomic E-state index is 12.0. The van der Waals surface area contributed by atoms with Crippen LogP contribution >= 0.6 is 0 Å². The standard InChI is InChI=1S/C14H14N2O2.HI/c1-16-8-6-11(7-9-16)14(17)15-12-4-3-5-13(10-12)18-2;/h3-10H,1-2H3;1H. The molecule has 0 bridgehead atoms. The van der Waals surface area contributed by atoms with Crippen LogP contribution < -0.4 is 38.6 Å². The highest BCUT2D eigenvalue weighted by Gasteiger charge is 2.07. The maximum atomic E-state index is 12.0. The Morgan fingerprint density at radius 2 is 1.89 bits per heavy atom. The van der Waals surface area contributed by atoms with Gasteiger partial charge in [-0.2, -0.15) is 0 Å². The number of benzene rings is 1. The third-order valence-corrected chi connectivity index (χ3v) is 2.57. The van der Waals surface area contributed by atoms with Crippen LogP contribution in [0.4, 0.5) is 5.69 Å². The minimum absolute atomic E-state index is 0. The van der Waals surface area contributed by atoms with E-state index in [0.717, 1.165) is 0 Å². The summed E-state index contributed by atoms with van der Waals surface area (Å²) >= 11 is 0. The molecule has 1 aromatic carbocycles. The van der Waals surface area contributed by atoms with E-state index in [4.69, 9.17) is 4.74 Å². The number of nitrogens with zero attached hydrogens (tertiary/aromatic N) is 1. The van der Waals surface area contributed by atoms with E-state index in [0.29, 0.717) is 17.0 Å². The molecule has 0 aliphatic heterocycles. The highest BCUT2D eigenvalue weighted by molar-refractivity contribution is 6.04. The van der Waals surface area contributed by atoms with Gasteiger partial charge in [0.25, 0.3) is 5.91 Å². The second kappa shape index (κ2) is 7.08. The van der Waals surface area contributed by atoms with Crippen LogP contribution in [0.5, 0.6) is 5.75 Å². The van der Waals surface area contributed by atoms with Gasteiger partial charge < -0.3 is 34.0 Å². The Balaban J connectivity index is 0.00000180. The lowest BCUT2D eigenvalue weighted by Gasteiger charge is -2.06. The molecule has 1 amide bonds. The van der Waals surface area contributed by atoms with Crippen molar-refractivity contribution in [2.24, 2.45) is 7.05 Å². The van der Waals surface area contributed by atoms with Gasteiger partial charge in [0.2, 0.25) is 0 Å². The topological polar surface area (TPSA) is 42.2 Å². The average molecular weight is 370 g/mol. The number of amides is 1. The minimum atomic E-state index is -0.135. The Labute approximate surface area is 129 Å². The number of rotatable bonds is 3. The summed E-state index contributed by atoms with van der Waals surface area (Å²) in [5, 5.41) is 2.82. The molecule has 0 unspecified atom stereocenters. The van der Waals surface area contributed by atoms with E-state index in [1.807, 2.05) is 42.2 Å². The summed E-state index contributed by atoms with van der Waals surface area (Å²) in [6.07, 6.45) is 3.67. The van der Waals surface area contributed by atoms with Gasteiger partial charge in [-0.3, -0.25) is 4.79 Å². The van der Waals surface area contributed by atoms with Crippen LogP contribution in [0, 0.1) is 0 Å². The number of hydrogen-bond acceptors (Lipinski definition) is 2. The van der Waals surface area contributed by atoms with Crippen LogP contribution in [-0.2, 0) is 7.05 Å². The Bertz CT molecular complexity index is 556. The number of carbonyl (C=O) groups excluding carboxylic acids is 1. The summed E-state index contributed by atoms with van der Waals surface area (Å²) in [6.45, 7) is 0. The lowest BCUT2D eigenvalue weighted by atomic mass is 10.2. The molecule has 0 saturated carbocycles. The molecule has 19 heavy (non-hydrogen) atoms. The van der Waals surface area contributed by atoms with E-state index >= 15 is 0 Å². The summed E-state index contributed by atoms with van der Waals surface area (Å²) in [4.78, 5) is 12.0. The number of methoxy groups -OCH3 is 1. The van der Waals surface area contributed by atoms with Crippen LogP contribution in [0.3, 0.4) is 0 Å². The fourth-order valence-corrected chi connectivity index (χ4v) is 1.56. The van der Waals surface area contributed by atoms with Gasteiger partial charge in [-0.1, -0.05) is 6.07 Å². The lowest BCUT2D eigenvalue weighted by molar-refractivity contribution is -0.671. The average Bonchev–Trinajstić information content (AvgIpc) is 2.39. The smallest absolute Gasteiger partial charge is 0.256 e. The number of halogens is 1. The molecule has 0 fully saturated rings. The highest BCUT2D eigenvalue weighted by Crippen LogP contribution is 2.17. The van der Waals surface area contributed by atoms with E-state index in [1.54, 1.807) is 25.3 Å². The molecular formula is C14H15IN2O2. The van der Waals surface area contributed by atoms with Crippen molar-refractivity contribution in [1.82, 2.24) is 0 Å². The number of carbonyl (C=O) groups is 1. The number of ether oxygens (including phenoxy) is 1. The first-order valence-electron chi connectivity index (χ1n) is 5.60. The number of aromatic nitrogens is 1. The zero-order valence-corrected chi connectivity index (χ0v) is 12.9. The predicted molar refractivity (Wildman–Crippen MR) is 68.6 cm³/mol. The summed E-state index contributed by atoms with van der Waals surface area (Å²) in [5.41, 5.74) is 1.34. The van der Waals surface area contributed by atoms with E-state index in [2.05, 4.69) is 5.32 Å². The number of nitrogens with one attached hydrogen (secondary N) is 1. The Kier molecular flexibility index (Phi) is 5.75. The molecule has 1 heterocycles. The fraction of sp³-hybridized carbons (Fsp3) is 0.143. The number of hydrogen-bond donors (Lipinski definition) is 1. The molecule has 0 saturated heterocycles. The molecular weight excluding hydrogens is 355 g/mol. The summed E-state index contributed by atoms with van der Waals surface area (Å²) in [5.74, 6) is 0.580. The Morgan fingerprint density at radius 3 is 2.53 bits per heavy atom. The van der Waals surface area contributed by atoms with E-state index < -0.39 is 0 Å². The SMILES string of the molecule is COc1cccc(NC(=O)c2cc[n+](C)cc2)c1.[I-]. The zero-order chi connectivity index (χ0) is 13.0. The summed E-state index contributed by atoms with van der Waals surface area (Å²) < 4.78 is 6.98. The van der Waals surface area contributed by atoms with Crippen LogP contribution in [0.25, 0.3) is 0 Å². The van der Waals surface area contributed by atoms with Crippen molar-refractivity contribution in [1.29, 1.82) is 0 Å². The molecule has 0 aliphatic carbocycles. The van der Waals surface area contributed by atoms with E-state index in [1.165, 1.54) is 0 Å². The van der Waals surface area contributed by atoms with Crippen molar-refractivity contribution in [3.63, 3.8) is 0 Å². The van der Waals surface area contributed by atoms with Gasteiger partial charge in [0, 0.05) is 23.9 Å². The molecule has 2 aromatic rings. The van der Waals surface area contributed by atoms with E-state index in [-0.39, 0.29) is 29.9 Å². The van der Waals surface area contributed by atoms with Crippen molar-refractivity contribution in [3.05, 3.63) is 54.4 Å². The molecule has 0 aliphatic rings. The molecule has 4 nitrogen and oxygen atoms in total. The second-order valence-corrected chi connectivity index (χ2v) is 3.94. The van der Waals surface area contributed by atoms with Crippen LogP contribution in [0.2, 0.25) is 0 Å². The first-order valence-corrected chi connectivity index (χ1v) is 5.60. The highest BCUT2D eigenvalue weighted by atomic mass is 127. The third-order valence-electron chi connectivity index (χ3n) is 2.57. The third kappa shape index (κ3) is 4.20. The van der Waals surface area contributed by atoms with Gasteiger partial charge in [-0.15, -0.1) is 0 Å². The molecule has 0 radical (unpaired) electrons. The first kappa shape index (κ1) is 15.4. The predicted octanol–water partition coefficient (Wildman–Crippen LogP) is -1.22. The maximum Gasteiger partial charge on any atom is 0.256 e. The zero-order valence-electron chi connectivity index (χ0n) is 10.8. The van der Waals surface area contributed by atoms with Gasteiger partial charge >= 0.3 is 0 Å². The lowest BCUT2D eigenvalue weighted by Crippen LogP contribution is -3.00. The largest absolute Gasteiger partial charge is 1.00 e.